The van der Waals surface area contributed by atoms with E-state index in [1.165, 1.54) is 12.5 Å². The molecule has 0 aliphatic carbocycles. The zero-order chi connectivity index (χ0) is 39.3. The van der Waals surface area contributed by atoms with Crippen LogP contribution in [-0.4, -0.2) is 84.3 Å². The summed E-state index contributed by atoms with van der Waals surface area (Å²) in [6, 6.07) is 24.1. The van der Waals surface area contributed by atoms with E-state index in [1.807, 2.05) is 50.1 Å². The number of benzene rings is 2. The van der Waals surface area contributed by atoms with E-state index in [0.29, 0.717) is 61.3 Å². The van der Waals surface area contributed by atoms with Crippen molar-refractivity contribution in [3.63, 3.8) is 0 Å². The minimum absolute atomic E-state index is 0. The molecule has 2 aliphatic rings. The third-order valence-corrected chi connectivity index (χ3v) is 9.63. The highest BCUT2D eigenvalue weighted by atomic mass is 35.5. The van der Waals surface area contributed by atoms with Crippen LogP contribution in [0.1, 0.15) is 87.1 Å². The van der Waals surface area contributed by atoms with Gasteiger partial charge in [0.2, 0.25) is 11.6 Å². The van der Waals surface area contributed by atoms with Crippen LogP contribution in [0.5, 0.6) is 0 Å². The van der Waals surface area contributed by atoms with Gasteiger partial charge in [0.15, 0.2) is 11.5 Å². The summed E-state index contributed by atoms with van der Waals surface area (Å²) in [4.78, 5) is 58.1. The van der Waals surface area contributed by atoms with E-state index in [2.05, 4.69) is 9.80 Å². The van der Waals surface area contributed by atoms with Gasteiger partial charge >= 0.3 is 0 Å². The van der Waals surface area contributed by atoms with Crippen molar-refractivity contribution in [3.8, 4) is 0 Å². The van der Waals surface area contributed by atoms with Gasteiger partial charge in [0.1, 0.15) is 23.0 Å². The molecule has 2 amide bonds. The summed E-state index contributed by atoms with van der Waals surface area (Å²) in [7, 11) is 7.99. The van der Waals surface area contributed by atoms with Gasteiger partial charge in [-0.3, -0.25) is 19.2 Å². The Morgan fingerprint density at radius 2 is 0.930 bits per heavy atom. The number of rotatable bonds is 10. The van der Waals surface area contributed by atoms with E-state index >= 15 is 0 Å². The highest BCUT2D eigenvalue weighted by Gasteiger charge is 2.27. The number of halogens is 1. The first-order valence-corrected chi connectivity index (χ1v) is 18.5. The Morgan fingerprint density at radius 1 is 0.561 bits per heavy atom. The molecule has 296 valence electrons. The molecule has 4 aromatic heterocycles. The fourth-order valence-corrected chi connectivity index (χ4v) is 6.91. The predicted molar refractivity (Wildman–Crippen MR) is 213 cm³/mol. The Bertz CT molecular complexity index is 2140. The van der Waals surface area contributed by atoms with Crippen molar-refractivity contribution in [2.24, 2.45) is 0 Å². The number of ketones is 2. The molecule has 0 saturated heterocycles. The van der Waals surface area contributed by atoms with Gasteiger partial charge in [-0.25, -0.2) is 0 Å². The fraction of sp³-hybridized carbons (Fsp3) is 0.273. The standard InChI is InChI=1S/2C22H22N2O4.ClH/c2*1-23(2)14-18-12-17-13-24(10-9-19(17)28-18)22(26)16-7-5-15(6-8-16)21(25)20-4-3-11-27-20;/h2*3-8,11-12H,9-10,13-14H2,1-2H3;1H. The van der Waals surface area contributed by atoms with Crippen molar-refractivity contribution in [2.75, 3.05) is 41.3 Å². The minimum atomic E-state index is -0.196. The maximum Gasteiger partial charge on any atom is 0.254 e. The van der Waals surface area contributed by atoms with Crippen LogP contribution in [0.25, 0.3) is 0 Å². The van der Waals surface area contributed by atoms with Gasteiger partial charge in [-0.1, -0.05) is 24.3 Å². The van der Waals surface area contributed by atoms with Crippen LogP contribution in [0.4, 0.5) is 0 Å². The Balaban J connectivity index is 0.000000189. The average Bonchev–Trinajstić information content (AvgIpc) is 4.04. The molecule has 0 spiro atoms. The van der Waals surface area contributed by atoms with Gasteiger partial charge in [-0.2, -0.15) is 0 Å². The summed E-state index contributed by atoms with van der Waals surface area (Å²) in [5, 5.41) is 0. The summed E-state index contributed by atoms with van der Waals surface area (Å²) < 4.78 is 22.1. The highest BCUT2D eigenvalue weighted by molar-refractivity contribution is 6.08. The van der Waals surface area contributed by atoms with Crippen LogP contribution in [-0.2, 0) is 39.0 Å². The summed E-state index contributed by atoms with van der Waals surface area (Å²) in [6.45, 7) is 3.80. The lowest BCUT2D eigenvalue weighted by Gasteiger charge is -2.26. The highest BCUT2D eigenvalue weighted by Crippen LogP contribution is 2.27. The lowest BCUT2D eigenvalue weighted by molar-refractivity contribution is 0.0722. The number of amides is 2. The number of furan rings is 4. The topological polar surface area (TPSA) is 134 Å². The maximum absolute atomic E-state index is 12.9. The average molecular weight is 793 g/mol. The van der Waals surface area contributed by atoms with Gasteiger partial charge in [-0.05, 0) is 88.9 Å². The Hall–Kier alpha value is -5.95. The van der Waals surface area contributed by atoms with Crippen LogP contribution < -0.4 is 0 Å². The monoisotopic (exact) mass is 792 g/mol. The molecule has 13 heteroatoms. The number of fused-ring (bicyclic) bond motifs is 2. The molecule has 0 fully saturated rings. The van der Waals surface area contributed by atoms with Crippen molar-refractivity contribution < 1.29 is 36.8 Å². The number of carbonyl (C=O) groups is 4. The Kier molecular flexibility index (Phi) is 12.8. The molecule has 6 heterocycles. The first-order chi connectivity index (χ1) is 27.0. The lowest BCUT2D eigenvalue weighted by atomic mass is 10.0. The molecular formula is C44H45ClN4O8. The van der Waals surface area contributed by atoms with E-state index in [-0.39, 0.29) is 47.3 Å². The first kappa shape index (κ1) is 40.7. The van der Waals surface area contributed by atoms with Crippen LogP contribution >= 0.6 is 12.4 Å². The van der Waals surface area contributed by atoms with Gasteiger partial charge in [-0.15, -0.1) is 12.4 Å². The molecule has 0 atom stereocenters. The van der Waals surface area contributed by atoms with Gasteiger partial charge < -0.3 is 37.3 Å². The largest absolute Gasteiger partial charge is 0.464 e. The quantitative estimate of drug-likeness (QED) is 0.132. The van der Waals surface area contributed by atoms with Crippen molar-refractivity contribution in [2.45, 2.75) is 39.0 Å². The second-order valence-electron chi connectivity index (χ2n) is 14.5. The van der Waals surface area contributed by atoms with Gasteiger partial charge in [0.25, 0.3) is 11.8 Å². The van der Waals surface area contributed by atoms with Crippen molar-refractivity contribution in [3.05, 3.63) is 165 Å². The number of nitrogens with zero attached hydrogens (tertiary/aromatic N) is 4. The van der Waals surface area contributed by atoms with Crippen LogP contribution in [0.2, 0.25) is 0 Å². The molecule has 57 heavy (non-hydrogen) atoms. The first-order valence-electron chi connectivity index (χ1n) is 18.5. The van der Waals surface area contributed by atoms with Crippen LogP contribution in [0, 0.1) is 0 Å². The molecule has 0 saturated carbocycles. The molecule has 12 nitrogen and oxygen atoms in total. The van der Waals surface area contributed by atoms with Crippen LogP contribution in [0.15, 0.2) is 115 Å². The lowest BCUT2D eigenvalue weighted by Crippen LogP contribution is -2.35. The number of hydrogen-bond donors (Lipinski definition) is 0. The van der Waals surface area contributed by atoms with E-state index in [0.717, 1.165) is 47.3 Å². The fourth-order valence-electron chi connectivity index (χ4n) is 6.91. The SMILES string of the molecule is CN(C)Cc1cc2c(o1)CCN(C(=O)c1ccc(C(=O)c3ccco3)cc1)C2.CN(C)Cc1cc2c(o1)CCN(C(=O)c1ccc(C(=O)c3ccco3)cc1)C2.Cl. The Morgan fingerprint density at radius 3 is 1.26 bits per heavy atom. The summed E-state index contributed by atoms with van der Waals surface area (Å²) in [5.41, 5.74) is 4.27. The van der Waals surface area contributed by atoms with E-state index < -0.39 is 0 Å². The predicted octanol–water partition coefficient (Wildman–Crippen LogP) is 7.15. The molecule has 2 aromatic carbocycles. The van der Waals surface area contributed by atoms with Crippen molar-refractivity contribution in [1.82, 2.24) is 19.6 Å². The summed E-state index contributed by atoms with van der Waals surface area (Å²) in [6.07, 6.45) is 4.36. The number of hydrogen-bond acceptors (Lipinski definition) is 10. The molecule has 2 aliphatic heterocycles. The molecule has 0 unspecified atom stereocenters. The van der Waals surface area contributed by atoms with Gasteiger partial charge in [0.05, 0.1) is 25.6 Å². The van der Waals surface area contributed by atoms with E-state index in [4.69, 9.17) is 17.7 Å². The second-order valence-corrected chi connectivity index (χ2v) is 14.5. The third-order valence-electron chi connectivity index (χ3n) is 9.63. The van der Waals surface area contributed by atoms with Crippen molar-refractivity contribution in [1.29, 1.82) is 0 Å². The zero-order valence-corrected chi connectivity index (χ0v) is 33.2. The minimum Gasteiger partial charge on any atom is -0.464 e. The van der Waals surface area contributed by atoms with Crippen LogP contribution in [0.3, 0.4) is 0 Å². The Labute approximate surface area is 337 Å². The summed E-state index contributed by atoms with van der Waals surface area (Å²) in [5.74, 6) is 3.89. The molecule has 6 aromatic rings. The molecule has 8 rings (SSSR count). The molecular weight excluding hydrogens is 748 g/mol. The van der Waals surface area contributed by atoms with E-state index in [1.54, 1.807) is 72.8 Å². The maximum atomic E-state index is 12.9. The molecule has 0 bridgehead atoms. The third kappa shape index (κ3) is 9.54. The molecule has 0 N–H and O–H groups in total. The number of carbonyl (C=O) groups excluding carboxylic acids is 4. The van der Waals surface area contributed by atoms with E-state index in [9.17, 15) is 19.2 Å². The van der Waals surface area contributed by atoms with Gasteiger partial charge in [0, 0.05) is 72.4 Å². The smallest absolute Gasteiger partial charge is 0.254 e. The molecule has 0 radical (unpaired) electrons. The second kappa shape index (κ2) is 17.9. The normalized spacial score (nSPS) is 13.4. The van der Waals surface area contributed by atoms with Crippen molar-refractivity contribution >= 4 is 35.8 Å². The summed E-state index contributed by atoms with van der Waals surface area (Å²) >= 11 is 0. The zero-order valence-electron chi connectivity index (χ0n) is 32.4.